The number of thioether (sulfide) groups is 1. The van der Waals surface area contributed by atoms with E-state index in [1.807, 2.05) is 12.1 Å². The van der Waals surface area contributed by atoms with E-state index < -0.39 is 0 Å². The number of thiocarbonyl (C=S) groups is 1. The van der Waals surface area contributed by atoms with E-state index in [0.717, 1.165) is 19.5 Å². The molecule has 28 heavy (non-hydrogen) atoms. The molecule has 0 saturated carbocycles. The molecule has 2 aliphatic heterocycles. The molecule has 0 unspecified atom stereocenters. The Morgan fingerprint density at radius 3 is 2.57 bits per heavy atom. The number of likely N-dealkylation sites (N-methyl/N-ethyl adjacent to an activating group) is 1. The summed E-state index contributed by atoms with van der Waals surface area (Å²) in [6.45, 7) is 6.13. The quantitative estimate of drug-likeness (QED) is 0.556. The van der Waals surface area contributed by atoms with Crippen molar-refractivity contribution >= 4 is 51.7 Å². The molecule has 6 nitrogen and oxygen atoms in total. The van der Waals surface area contributed by atoms with E-state index in [0.29, 0.717) is 38.1 Å². The monoisotopic (exact) mass is 414 g/mol. The fourth-order valence-corrected chi connectivity index (χ4v) is 5.13. The van der Waals surface area contributed by atoms with Crippen LogP contribution in [0.15, 0.2) is 34.1 Å². The van der Waals surface area contributed by atoms with Gasteiger partial charge in [0.05, 0.1) is 10.5 Å². The van der Waals surface area contributed by atoms with Crippen LogP contribution in [0.2, 0.25) is 0 Å². The Morgan fingerprint density at radius 2 is 1.93 bits per heavy atom. The number of carbonyl (C=O) groups excluding carboxylic acids is 1. The minimum Gasteiger partial charge on any atom is -0.355 e. The summed E-state index contributed by atoms with van der Waals surface area (Å²) in [4.78, 5) is 34.7. The Hall–Kier alpha value is -2.19. The topological polar surface area (TPSA) is 57.9 Å². The summed E-state index contributed by atoms with van der Waals surface area (Å²) >= 11 is 6.45. The molecule has 2 fully saturated rings. The molecular weight excluding hydrogens is 392 g/mol. The average Bonchev–Trinajstić information content (AvgIpc) is 2.90. The van der Waals surface area contributed by atoms with Crippen molar-refractivity contribution in [1.29, 1.82) is 0 Å². The normalized spacial score (nSPS) is 24.6. The summed E-state index contributed by atoms with van der Waals surface area (Å²) < 4.78 is 2.02. The molecule has 2 aromatic heterocycles. The van der Waals surface area contributed by atoms with Gasteiger partial charge in [0.15, 0.2) is 0 Å². The van der Waals surface area contributed by atoms with Crippen LogP contribution in [0.1, 0.15) is 25.8 Å². The first kappa shape index (κ1) is 19.1. The third-order valence-corrected chi connectivity index (χ3v) is 6.66. The Kier molecular flexibility index (Phi) is 5.01. The van der Waals surface area contributed by atoms with Crippen LogP contribution in [-0.4, -0.2) is 44.6 Å². The molecular formula is C20H22N4O2S2. The maximum absolute atomic E-state index is 13.3. The molecule has 2 aromatic rings. The predicted octanol–water partition coefficient (Wildman–Crippen LogP) is 3.01. The van der Waals surface area contributed by atoms with Gasteiger partial charge in [-0.25, -0.2) is 4.98 Å². The van der Waals surface area contributed by atoms with Gasteiger partial charge in [0.25, 0.3) is 11.5 Å². The largest absolute Gasteiger partial charge is 0.355 e. The van der Waals surface area contributed by atoms with Crippen molar-refractivity contribution in [1.82, 2.24) is 14.3 Å². The van der Waals surface area contributed by atoms with Crippen LogP contribution in [0.4, 0.5) is 5.82 Å². The molecule has 4 rings (SSSR count). The first-order chi connectivity index (χ1) is 13.3. The number of rotatable bonds is 2. The first-order valence-corrected chi connectivity index (χ1v) is 10.6. The van der Waals surface area contributed by atoms with E-state index in [4.69, 9.17) is 17.2 Å². The van der Waals surface area contributed by atoms with E-state index in [9.17, 15) is 9.59 Å². The van der Waals surface area contributed by atoms with E-state index in [1.165, 1.54) is 21.1 Å². The SMILES string of the molecule is C[C@@H]1C[C@H](C)CN(c2nc3ccccn3c(=O)c2/C=C2\SC(=S)N(C)C2=O)C1. The maximum Gasteiger partial charge on any atom is 0.267 e. The van der Waals surface area contributed by atoms with E-state index in [2.05, 4.69) is 18.7 Å². The van der Waals surface area contributed by atoms with Crippen LogP contribution in [0.25, 0.3) is 11.7 Å². The number of hydrogen-bond acceptors (Lipinski definition) is 6. The Bertz CT molecular complexity index is 1050. The van der Waals surface area contributed by atoms with E-state index >= 15 is 0 Å². The van der Waals surface area contributed by atoms with Gasteiger partial charge in [-0.3, -0.25) is 18.9 Å². The smallest absolute Gasteiger partial charge is 0.267 e. The zero-order chi connectivity index (χ0) is 20.0. The van der Waals surface area contributed by atoms with Crippen molar-refractivity contribution in [2.45, 2.75) is 20.3 Å². The average molecular weight is 415 g/mol. The number of anilines is 1. The Morgan fingerprint density at radius 1 is 1.21 bits per heavy atom. The second-order valence-electron chi connectivity index (χ2n) is 7.67. The van der Waals surface area contributed by atoms with Gasteiger partial charge >= 0.3 is 0 Å². The van der Waals surface area contributed by atoms with Gasteiger partial charge < -0.3 is 4.90 Å². The number of pyridine rings is 1. The summed E-state index contributed by atoms with van der Waals surface area (Å²) in [6, 6.07) is 5.50. The third-order valence-electron chi connectivity index (χ3n) is 5.18. The lowest BCUT2D eigenvalue weighted by Gasteiger charge is -2.36. The highest BCUT2D eigenvalue weighted by molar-refractivity contribution is 8.26. The van der Waals surface area contributed by atoms with Crippen LogP contribution >= 0.6 is 24.0 Å². The molecule has 2 saturated heterocycles. The van der Waals surface area contributed by atoms with E-state index in [1.54, 1.807) is 25.4 Å². The molecule has 2 aliphatic rings. The van der Waals surface area contributed by atoms with Gasteiger partial charge in [0, 0.05) is 26.3 Å². The molecule has 0 aliphatic carbocycles. The number of amides is 1. The van der Waals surface area contributed by atoms with Gasteiger partial charge in [0.1, 0.15) is 15.8 Å². The highest BCUT2D eigenvalue weighted by Gasteiger charge is 2.31. The molecule has 1 amide bonds. The second-order valence-corrected chi connectivity index (χ2v) is 9.35. The molecule has 0 N–H and O–H groups in total. The first-order valence-electron chi connectivity index (χ1n) is 9.33. The number of aromatic nitrogens is 2. The number of nitrogens with zero attached hydrogens (tertiary/aromatic N) is 4. The number of piperidine rings is 1. The molecule has 2 atom stereocenters. The lowest BCUT2D eigenvalue weighted by molar-refractivity contribution is -0.121. The summed E-state index contributed by atoms with van der Waals surface area (Å²) in [5, 5.41) is 0. The molecule has 0 bridgehead atoms. The molecule has 0 spiro atoms. The van der Waals surface area contributed by atoms with Gasteiger partial charge in [-0.05, 0) is 36.5 Å². The van der Waals surface area contributed by atoms with Gasteiger partial charge in [-0.2, -0.15) is 0 Å². The lowest BCUT2D eigenvalue weighted by atomic mass is 9.91. The summed E-state index contributed by atoms with van der Waals surface area (Å²) in [7, 11) is 1.65. The Balaban J connectivity index is 1.91. The predicted molar refractivity (Wildman–Crippen MR) is 118 cm³/mol. The fraction of sp³-hybridized carbons (Fsp3) is 0.400. The molecule has 4 heterocycles. The number of carbonyl (C=O) groups is 1. The van der Waals surface area contributed by atoms with Crippen LogP contribution in [0.5, 0.6) is 0 Å². The van der Waals surface area contributed by atoms with Crippen molar-refractivity contribution in [3.05, 3.63) is 45.2 Å². The third kappa shape index (κ3) is 3.35. The zero-order valence-electron chi connectivity index (χ0n) is 16.1. The summed E-state index contributed by atoms with van der Waals surface area (Å²) in [5.41, 5.74) is 0.875. The molecule has 146 valence electrons. The summed E-state index contributed by atoms with van der Waals surface area (Å²) in [5.74, 6) is 1.50. The maximum atomic E-state index is 13.3. The van der Waals surface area contributed by atoms with Crippen molar-refractivity contribution in [2.75, 3.05) is 25.0 Å². The standard InChI is InChI=1S/C20H22N4O2S2/c1-12-8-13(2)11-23(10-12)17-14(9-15-19(26)22(3)20(27)28-15)18(25)24-7-5-4-6-16(24)21-17/h4-7,9,12-13H,8,10-11H2,1-3H3/b15-9-/t12-,13+. The molecule has 0 aromatic carbocycles. The van der Waals surface area contributed by atoms with Crippen molar-refractivity contribution in [2.24, 2.45) is 11.8 Å². The van der Waals surface area contributed by atoms with E-state index in [-0.39, 0.29) is 11.5 Å². The second kappa shape index (κ2) is 7.33. The molecule has 0 radical (unpaired) electrons. The highest BCUT2D eigenvalue weighted by Crippen LogP contribution is 2.33. The molecule has 8 heteroatoms. The van der Waals surface area contributed by atoms with Crippen LogP contribution in [-0.2, 0) is 4.79 Å². The summed E-state index contributed by atoms with van der Waals surface area (Å²) in [6.07, 6.45) is 4.53. The zero-order valence-corrected chi connectivity index (χ0v) is 17.7. The van der Waals surface area contributed by atoms with Crippen LogP contribution < -0.4 is 10.5 Å². The fourth-order valence-electron chi connectivity index (χ4n) is 3.97. The van der Waals surface area contributed by atoms with Crippen molar-refractivity contribution in [3.8, 4) is 0 Å². The van der Waals surface area contributed by atoms with Gasteiger partial charge in [-0.1, -0.05) is 43.9 Å². The number of hydrogen-bond donors (Lipinski definition) is 0. The lowest BCUT2D eigenvalue weighted by Crippen LogP contribution is -2.40. The van der Waals surface area contributed by atoms with Crippen LogP contribution in [0.3, 0.4) is 0 Å². The van der Waals surface area contributed by atoms with Gasteiger partial charge in [0.2, 0.25) is 0 Å². The van der Waals surface area contributed by atoms with Gasteiger partial charge in [-0.15, -0.1) is 0 Å². The Labute approximate surface area is 173 Å². The minimum atomic E-state index is -0.182. The van der Waals surface area contributed by atoms with Crippen LogP contribution in [0, 0.1) is 11.8 Å². The van der Waals surface area contributed by atoms with Crippen molar-refractivity contribution < 1.29 is 4.79 Å². The minimum absolute atomic E-state index is 0.173. The highest BCUT2D eigenvalue weighted by atomic mass is 32.2. The van der Waals surface area contributed by atoms with Crippen molar-refractivity contribution in [3.63, 3.8) is 0 Å². The number of fused-ring (bicyclic) bond motifs is 1.